The summed E-state index contributed by atoms with van der Waals surface area (Å²) >= 11 is 3.23. The zero-order valence-electron chi connectivity index (χ0n) is 15.8. The fraction of sp³-hybridized carbons (Fsp3) is 0.263. The summed E-state index contributed by atoms with van der Waals surface area (Å²) in [7, 11) is 0. The summed E-state index contributed by atoms with van der Waals surface area (Å²) in [4.78, 5) is 33.8. The molecule has 0 atom stereocenters. The van der Waals surface area contributed by atoms with Crippen LogP contribution in [0.15, 0.2) is 45.8 Å². The number of halogens is 4. The summed E-state index contributed by atoms with van der Waals surface area (Å²) in [6.07, 6.45) is -3.43. The van der Waals surface area contributed by atoms with Crippen LogP contribution >= 0.6 is 15.9 Å². The van der Waals surface area contributed by atoms with E-state index in [0.29, 0.717) is 4.47 Å². The molecule has 1 N–H and O–H groups in total. The molecule has 0 spiro atoms. The number of carbonyl (C=O) groups is 1. The number of nitrogens with one attached hydrogen (secondary N) is 1. The zero-order chi connectivity index (χ0) is 22.1. The monoisotopic (exact) mass is 484 g/mol. The highest BCUT2D eigenvalue weighted by Gasteiger charge is 2.31. The Balaban J connectivity index is 2.18. The van der Waals surface area contributed by atoms with E-state index in [9.17, 15) is 22.8 Å². The SMILES string of the molecule is CC(C)NC(=O)Cn1c(-c2cccc(OC(F)(F)F)c2)nc2ncc(Br)cc2c1=O. The van der Waals surface area contributed by atoms with E-state index in [4.69, 9.17) is 0 Å². The van der Waals surface area contributed by atoms with Gasteiger partial charge in [0.05, 0.1) is 5.39 Å². The van der Waals surface area contributed by atoms with Gasteiger partial charge in [-0.1, -0.05) is 12.1 Å². The molecule has 0 radical (unpaired) electrons. The van der Waals surface area contributed by atoms with Gasteiger partial charge in [0.15, 0.2) is 5.65 Å². The first-order chi connectivity index (χ1) is 14.0. The van der Waals surface area contributed by atoms with E-state index in [1.54, 1.807) is 13.8 Å². The summed E-state index contributed by atoms with van der Waals surface area (Å²) in [5, 5.41) is 2.83. The van der Waals surface area contributed by atoms with Crippen LogP contribution in [0.25, 0.3) is 22.4 Å². The quantitative estimate of drug-likeness (QED) is 0.597. The number of alkyl halides is 3. The largest absolute Gasteiger partial charge is 0.573 e. The number of amides is 1. The summed E-state index contributed by atoms with van der Waals surface area (Å²) in [6.45, 7) is 3.16. The van der Waals surface area contributed by atoms with E-state index in [2.05, 4.69) is 36.0 Å². The van der Waals surface area contributed by atoms with Gasteiger partial charge in [-0.05, 0) is 48.0 Å². The molecule has 2 heterocycles. The highest BCUT2D eigenvalue weighted by Crippen LogP contribution is 2.27. The number of nitrogens with zero attached hydrogens (tertiary/aromatic N) is 3. The third-order valence-electron chi connectivity index (χ3n) is 3.85. The van der Waals surface area contributed by atoms with Gasteiger partial charge in [-0.25, -0.2) is 9.97 Å². The van der Waals surface area contributed by atoms with Gasteiger partial charge in [0.2, 0.25) is 5.91 Å². The minimum absolute atomic E-state index is 0.00569. The van der Waals surface area contributed by atoms with Crippen molar-refractivity contribution in [3.63, 3.8) is 0 Å². The molecule has 2 aromatic heterocycles. The van der Waals surface area contributed by atoms with Crippen LogP contribution in [-0.2, 0) is 11.3 Å². The molecule has 158 valence electrons. The molecule has 30 heavy (non-hydrogen) atoms. The highest BCUT2D eigenvalue weighted by atomic mass is 79.9. The zero-order valence-corrected chi connectivity index (χ0v) is 17.4. The molecule has 3 aromatic rings. The number of hydrogen-bond acceptors (Lipinski definition) is 5. The lowest BCUT2D eigenvalue weighted by Gasteiger charge is -2.15. The van der Waals surface area contributed by atoms with Gasteiger partial charge in [0.1, 0.15) is 18.1 Å². The van der Waals surface area contributed by atoms with Crippen LogP contribution in [0.3, 0.4) is 0 Å². The Bertz CT molecular complexity index is 1160. The average Bonchev–Trinajstić information content (AvgIpc) is 2.62. The van der Waals surface area contributed by atoms with Crippen molar-refractivity contribution in [2.45, 2.75) is 32.8 Å². The molecule has 1 amide bonds. The number of fused-ring (bicyclic) bond motifs is 1. The minimum Gasteiger partial charge on any atom is -0.406 e. The van der Waals surface area contributed by atoms with Gasteiger partial charge in [-0.3, -0.25) is 14.2 Å². The highest BCUT2D eigenvalue weighted by molar-refractivity contribution is 9.10. The number of benzene rings is 1. The number of pyridine rings is 1. The van der Waals surface area contributed by atoms with Gasteiger partial charge < -0.3 is 10.1 Å². The summed E-state index contributed by atoms with van der Waals surface area (Å²) < 4.78 is 43.4. The Labute approximate surface area is 177 Å². The van der Waals surface area contributed by atoms with E-state index < -0.39 is 23.6 Å². The standard InChI is InChI=1S/C19H16BrF3N4O3/c1-10(2)25-15(28)9-27-17(11-4-3-5-13(6-11)30-19(21,22)23)26-16-14(18(27)29)7-12(20)8-24-16/h3-8,10H,9H2,1-2H3,(H,25,28). The predicted molar refractivity (Wildman–Crippen MR) is 107 cm³/mol. The molecule has 0 bridgehead atoms. The van der Waals surface area contributed by atoms with Crippen LogP contribution in [-0.4, -0.2) is 32.8 Å². The van der Waals surface area contributed by atoms with Crippen LogP contribution in [0.4, 0.5) is 13.2 Å². The van der Waals surface area contributed by atoms with Crippen molar-refractivity contribution >= 4 is 32.9 Å². The number of rotatable bonds is 5. The molecule has 0 aliphatic heterocycles. The molecule has 0 saturated heterocycles. The molecule has 0 aliphatic carbocycles. The number of hydrogen-bond donors (Lipinski definition) is 1. The Kier molecular flexibility index (Phi) is 6.11. The second kappa shape index (κ2) is 8.42. The third kappa shape index (κ3) is 5.15. The number of carbonyl (C=O) groups excluding carboxylic acids is 1. The molecule has 0 fully saturated rings. The predicted octanol–water partition coefficient (Wildman–Crippen LogP) is 3.64. The van der Waals surface area contributed by atoms with E-state index in [1.165, 1.54) is 24.4 Å². The van der Waals surface area contributed by atoms with Crippen molar-refractivity contribution in [1.29, 1.82) is 0 Å². The number of aromatic nitrogens is 3. The minimum atomic E-state index is -4.87. The molecule has 3 rings (SSSR count). The molecule has 0 saturated carbocycles. The fourth-order valence-electron chi connectivity index (χ4n) is 2.79. The van der Waals surface area contributed by atoms with Crippen LogP contribution in [0, 0.1) is 0 Å². The average molecular weight is 485 g/mol. The lowest BCUT2D eigenvalue weighted by molar-refractivity contribution is -0.274. The van der Waals surface area contributed by atoms with E-state index in [-0.39, 0.29) is 35.0 Å². The Morgan fingerprint density at radius 1 is 1.30 bits per heavy atom. The summed E-state index contributed by atoms with van der Waals surface area (Å²) in [5.41, 5.74) is -0.288. The maximum absolute atomic E-state index is 13.1. The Hall–Kier alpha value is -2.95. The summed E-state index contributed by atoms with van der Waals surface area (Å²) in [5.74, 6) is -0.926. The third-order valence-corrected chi connectivity index (χ3v) is 4.29. The van der Waals surface area contributed by atoms with Gasteiger partial charge in [0, 0.05) is 22.3 Å². The smallest absolute Gasteiger partial charge is 0.406 e. The maximum atomic E-state index is 13.1. The molecular weight excluding hydrogens is 469 g/mol. The van der Waals surface area contributed by atoms with E-state index >= 15 is 0 Å². The van der Waals surface area contributed by atoms with Crippen LogP contribution < -0.4 is 15.6 Å². The first-order valence-corrected chi connectivity index (χ1v) is 9.54. The second-order valence-electron chi connectivity index (χ2n) is 6.65. The Morgan fingerprint density at radius 3 is 2.70 bits per heavy atom. The fourth-order valence-corrected chi connectivity index (χ4v) is 3.12. The molecule has 7 nitrogen and oxygen atoms in total. The molecule has 11 heteroatoms. The van der Waals surface area contributed by atoms with Gasteiger partial charge in [-0.15, -0.1) is 13.2 Å². The van der Waals surface area contributed by atoms with Gasteiger partial charge in [0.25, 0.3) is 5.56 Å². The van der Waals surface area contributed by atoms with E-state index in [1.807, 2.05) is 0 Å². The topological polar surface area (TPSA) is 86.1 Å². The summed E-state index contributed by atoms with van der Waals surface area (Å²) in [6, 6.07) is 6.37. The number of ether oxygens (including phenoxy) is 1. The molecule has 0 unspecified atom stereocenters. The van der Waals surface area contributed by atoms with Crippen molar-refractivity contribution in [3.8, 4) is 17.1 Å². The van der Waals surface area contributed by atoms with Crippen LogP contribution in [0.5, 0.6) is 5.75 Å². The second-order valence-corrected chi connectivity index (χ2v) is 7.56. The van der Waals surface area contributed by atoms with Crippen LogP contribution in [0.2, 0.25) is 0 Å². The van der Waals surface area contributed by atoms with Crippen molar-refractivity contribution in [2.75, 3.05) is 0 Å². The van der Waals surface area contributed by atoms with Crippen molar-refractivity contribution < 1.29 is 22.7 Å². The normalized spacial score (nSPS) is 11.7. The van der Waals surface area contributed by atoms with Crippen molar-refractivity contribution in [1.82, 2.24) is 19.9 Å². The van der Waals surface area contributed by atoms with Gasteiger partial charge >= 0.3 is 6.36 Å². The van der Waals surface area contributed by atoms with Crippen molar-refractivity contribution in [3.05, 3.63) is 51.4 Å². The van der Waals surface area contributed by atoms with E-state index in [0.717, 1.165) is 16.7 Å². The lowest BCUT2D eigenvalue weighted by atomic mass is 10.2. The maximum Gasteiger partial charge on any atom is 0.573 e. The first-order valence-electron chi connectivity index (χ1n) is 8.75. The first kappa shape index (κ1) is 21.8. The van der Waals surface area contributed by atoms with Crippen molar-refractivity contribution in [2.24, 2.45) is 0 Å². The molecule has 1 aromatic carbocycles. The Morgan fingerprint density at radius 2 is 2.03 bits per heavy atom. The lowest BCUT2D eigenvalue weighted by Crippen LogP contribution is -2.37. The van der Waals surface area contributed by atoms with Crippen LogP contribution in [0.1, 0.15) is 13.8 Å². The van der Waals surface area contributed by atoms with Gasteiger partial charge in [-0.2, -0.15) is 0 Å². The molecule has 0 aliphatic rings. The molecular formula is C19H16BrF3N4O3.